The maximum atomic E-state index is 5.67. The molecule has 1 heterocycles. The lowest BCUT2D eigenvalue weighted by Crippen LogP contribution is -2.42. The van der Waals surface area contributed by atoms with Crippen LogP contribution in [0, 0.1) is 6.92 Å². The Labute approximate surface area is 114 Å². The summed E-state index contributed by atoms with van der Waals surface area (Å²) in [5.41, 5.74) is 2.09. The molecule has 1 aromatic carbocycles. The molecule has 1 saturated heterocycles. The van der Waals surface area contributed by atoms with Crippen molar-refractivity contribution in [3.63, 3.8) is 0 Å². The molecule has 0 amide bonds. The highest BCUT2D eigenvalue weighted by Crippen LogP contribution is 2.33. The molecule has 0 saturated carbocycles. The highest BCUT2D eigenvalue weighted by Gasteiger charge is 2.15. The minimum atomic E-state index is 0.194. The summed E-state index contributed by atoms with van der Waals surface area (Å²) in [5, 5.41) is 6.72. The van der Waals surface area contributed by atoms with Crippen LogP contribution in [0.1, 0.15) is 5.56 Å². The van der Waals surface area contributed by atoms with E-state index in [2.05, 4.69) is 10.6 Å². The average Bonchev–Trinajstić information content (AvgIpc) is 2.46. The fourth-order valence-corrected chi connectivity index (χ4v) is 2.20. The van der Waals surface area contributed by atoms with Crippen LogP contribution in [0.3, 0.4) is 0 Å². The first kappa shape index (κ1) is 14.0. The summed E-state index contributed by atoms with van der Waals surface area (Å²) >= 11 is 0. The van der Waals surface area contributed by atoms with Gasteiger partial charge in [-0.05, 0) is 18.6 Å². The van der Waals surface area contributed by atoms with Crippen LogP contribution in [0.25, 0.3) is 0 Å². The number of hydrogen-bond acceptors (Lipinski definition) is 5. The highest BCUT2D eigenvalue weighted by atomic mass is 16.5. The molecule has 0 spiro atoms. The molecule has 1 aliphatic rings. The third kappa shape index (κ3) is 3.52. The Bertz CT molecular complexity index is 417. The normalized spacial score (nSPS) is 19.0. The summed E-state index contributed by atoms with van der Waals surface area (Å²) < 4.78 is 16.3. The molecule has 1 fully saturated rings. The molecule has 106 valence electrons. The molecule has 1 atom stereocenters. The SMILES string of the molecule is COc1cc(C)c(NCC2CNCCO2)c(OC)c1. The molecule has 0 aliphatic carbocycles. The van der Waals surface area contributed by atoms with E-state index >= 15 is 0 Å². The first-order chi connectivity index (χ1) is 9.24. The zero-order chi connectivity index (χ0) is 13.7. The molecule has 2 rings (SSSR count). The minimum absolute atomic E-state index is 0.194. The number of methoxy groups -OCH3 is 2. The predicted molar refractivity (Wildman–Crippen MR) is 75.4 cm³/mol. The van der Waals surface area contributed by atoms with Crippen molar-refractivity contribution in [3.05, 3.63) is 17.7 Å². The molecule has 19 heavy (non-hydrogen) atoms. The summed E-state index contributed by atoms with van der Waals surface area (Å²) in [5.74, 6) is 1.59. The van der Waals surface area contributed by atoms with Gasteiger partial charge in [-0.25, -0.2) is 0 Å². The third-order valence-corrected chi connectivity index (χ3v) is 3.24. The maximum absolute atomic E-state index is 5.67. The van der Waals surface area contributed by atoms with Gasteiger partial charge in [0.05, 0.1) is 32.6 Å². The van der Waals surface area contributed by atoms with Crippen molar-refractivity contribution in [2.24, 2.45) is 0 Å². The summed E-state index contributed by atoms with van der Waals surface area (Å²) in [6.07, 6.45) is 0.194. The van der Waals surface area contributed by atoms with Crippen LogP contribution >= 0.6 is 0 Å². The Hall–Kier alpha value is -1.46. The largest absolute Gasteiger partial charge is 0.497 e. The summed E-state index contributed by atoms with van der Waals surface area (Å²) in [6, 6.07) is 3.88. The zero-order valence-electron chi connectivity index (χ0n) is 11.8. The van der Waals surface area contributed by atoms with Crippen LogP contribution < -0.4 is 20.1 Å². The van der Waals surface area contributed by atoms with Crippen molar-refractivity contribution in [1.82, 2.24) is 5.32 Å². The molecule has 5 heteroatoms. The van der Waals surface area contributed by atoms with Crippen molar-refractivity contribution in [3.8, 4) is 11.5 Å². The number of benzene rings is 1. The Balaban J connectivity index is 2.05. The van der Waals surface area contributed by atoms with Gasteiger partial charge >= 0.3 is 0 Å². The highest BCUT2D eigenvalue weighted by molar-refractivity contribution is 5.64. The van der Waals surface area contributed by atoms with E-state index in [0.29, 0.717) is 0 Å². The zero-order valence-corrected chi connectivity index (χ0v) is 11.8. The van der Waals surface area contributed by atoms with Crippen molar-refractivity contribution in [2.45, 2.75) is 13.0 Å². The fraction of sp³-hybridized carbons (Fsp3) is 0.571. The molecular formula is C14H22N2O3. The molecule has 0 radical (unpaired) electrons. The quantitative estimate of drug-likeness (QED) is 0.844. The monoisotopic (exact) mass is 266 g/mol. The molecule has 0 aromatic heterocycles. The first-order valence-electron chi connectivity index (χ1n) is 6.53. The number of rotatable bonds is 5. The van der Waals surface area contributed by atoms with Crippen LogP contribution in [0.15, 0.2) is 12.1 Å². The Morgan fingerprint density at radius 3 is 2.84 bits per heavy atom. The van der Waals surface area contributed by atoms with Crippen molar-refractivity contribution in [1.29, 1.82) is 0 Å². The Morgan fingerprint density at radius 1 is 1.37 bits per heavy atom. The molecular weight excluding hydrogens is 244 g/mol. The Kier molecular flexibility index (Phi) is 4.87. The first-order valence-corrected chi connectivity index (χ1v) is 6.53. The van der Waals surface area contributed by atoms with Crippen LogP contribution in [-0.2, 0) is 4.74 Å². The van der Waals surface area contributed by atoms with Gasteiger partial charge in [-0.3, -0.25) is 0 Å². The molecule has 0 bridgehead atoms. The van der Waals surface area contributed by atoms with Gasteiger partial charge < -0.3 is 24.8 Å². The second kappa shape index (κ2) is 6.63. The van der Waals surface area contributed by atoms with Gasteiger partial charge in [-0.15, -0.1) is 0 Å². The molecule has 1 aromatic rings. The van der Waals surface area contributed by atoms with Gasteiger partial charge in [-0.2, -0.15) is 0 Å². The van der Waals surface area contributed by atoms with Crippen LogP contribution in [0.5, 0.6) is 11.5 Å². The van der Waals surface area contributed by atoms with E-state index in [0.717, 1.165) is 49.0 Å². The van der Waals surface area contributed by atoms with Crippen molar-refractivity contribution < 1.29 is 14.2 Å². The number of aryl methyl sites for hydroxylation is 1. The average molecular weight is 266 g/mol. The van der Waals surface area contributed by atoms with Crippen LogP contribution in [0.2, 0.25) is 0 Å². The van der Waals surface area contributed by atoms with E-state index in [-0.39, 0.29) is 6.10 Å². The molecule has 5 nitrogen and oxygen atoms in total. The fourth-order valence-electron chi connectivity index (χ4n) is 2.20. The van der Waals surface area contributed by atoms with Gasteiger partial charge in [0.2, 0.25) is 0 Å². The second-order valence-electron chi connectivity index (χ2n) is 4.60. The van der Waals surface area contributed by atoms with Gasteiger partial charge in [0, 0.05) is 25.7 Å². The van der Waals surface area contributed by atoms with E-state index in [4.69, 9.17) is 14.2 Å². The van der Waals surface area contributed by atoms with E-state index in [1.165, 1.54) is 0 Å². The van der Waals surface area contributed by atoms with E-state index in [1.807, 2.05) is 19.1 Å². The van der Waals surface area contributed by atoms with Gasteiger partial charge in [-0.1, -0.05) is 0 Å². The predicted octanol–water partition coefficient (Wildman–Crippen LogP) is 1.41. The number of nitrogens with one attached hydrogen (secondary N) is 2. The van der Waals surface area contributed by atoms with Gasteiger partial charge in [0.25, 0.3) is 0 Å². The van der Waals surface area contributed by atoms with Crippen molar-refractivity contribution >= 4 is 5.69 Å². The molecule has 1 unspecified atom stereocenters. The number of anilines is 1. The molecule has 2 N–H and O–H groups in total. The van der Waals surface area contributed by atoms with Crippen molar-refractivity contribution in [2.75, 3.05) is 45.8 Å². The number of ether oxygens (including phenoxy) is 3. The van der Waals surface area contributed by atoms with E-state index < -0.39 is 0 Å². The third-order valence-electron chi connectivity index (χ3n) is 3.24. The summed E-state index contributed by atoms with van der Waals surface area (Å²) in [7, 11) is 3.32. The molecule has 1 aliphatic heterocycles. The maximum Gasteiger partial charge on any atom is 0.145 e. The van der Waals surface area contributed by atoms with E-state index in [9.17, 15) is 0 Å². The smallest absolute Gasteiger partial charge is 0.145 e. The standard InChI is InChI=1S/C14H22N2O3/c1-10-6-11(17-2)7-13(18-3)14(10)16-9-12-8-15-4-5-19-12/h6-7,12,15-16H,4-5,8-9H2,1-3H3. The lowest BCUT2D eigenvalue weighted by molar-refractivity contribution is 0.0372. The van der Waals surface area contributed by atoms with Gasteiger partial charge in [0.1, 0.15) is 11.5 Å². The Morgan fingerprint density at radius 2 is 2.21 bits per heavy atom. The topological polar surface area (TPSA) is 51.8 Å². The second-order valence-corrected chi connectivity index (χ2v) is 4.60. The van der Waals surface area contributed by atoms with Crippen LogP contribution in [0.4, 0.5) is 5.69 Å². The summed E-state index contributed by atoms with van der Waals surface area (Å²) in [6.45, 7) is 5.38. The number of hydrogen-bond donors (Lipinski definition) is 2. The van der Waals surface area contributed by atoms with Gasteiger partial charge in [0.15, 0.2) is 0 Å². The lowest BCUT2D eigenvalue weighted by Gasteiger charge is -2.25. The number of morpholine rings is 1. The lowest BCUT2D eigenvalue weighted by atomic mass is 10.1. The van der Waals surface area contributed by atoms with Crippen LogP contribution in [-0.4, -0.2) is 46.6 Å². The van der Waals surface area contributed by atoms with E-state index in [1.54, 1.807) is 14.2 Å². The minimum Gasteiger partial charge on any atom is -0.497 e. The summed E-state index contributed by atoms with van der Waals surface area (Å²) in [4.78, 5) is 0.